The Morgan fingerprint density at radius 3 is 2.53 bits per heavy atom. The molecule has 1 amide bonds. The number of halogens is 2. The number of aliphatic carboxylic acids is 1. The Morgan fingerprint density at radius 1 is 1.42 bits per heavy atom. The van der Waals surface area contributed by atoms with Crippen LogP contribution in [0.5, 0.6) is 0 Å². The van der Waals surface area contributed by atoms with Gasteiger partial charge in [0.15, 0.2) is 0 Å². The van der Waals surface area contributed by atoms with Gasteiger partial charge in [-0.15, -0.1) is 0 Å². The number of benzene rings is 1. The van der Waals surface area contributed by atoms with Gasteiger partial charge < -0.3 is 10.4 Å². The zero-order valence-electron chi connectivity index (χ0n) is 10.6. The van der Waals surface area contributed by atoms with Gasteiger partial charge in [-0.3, -0.25) is 4.79 Å². The third kappa shape index (κ3) is 4.52. The molecule has 104 valence electrons. The number of carbonyl (C=O) groups is 2. The summed E-state index contributed by atoms with van der Waals surface area (Å²) < 4.78 is 13.2. The highest BCUT2D eigenvalue weighted by molar-refractivity contribution is 6.30. The molecule has 0 aliphatic carbocycles. The van der Waals surface area contributed by atoms with E-state index in [0.29, 0.717) is 6.42 Å². The largest absolute Gasteiger partial charge is 0.480 e. The number of carboxylic acids is 1. The molecule has 0 aromatic heterocycles. The highest BCUT2D eigenvalue weighted by Crippen LogP contribution is 2.16. The monoisotopic (exact) mass is 287 g/mol. The first-order valence-corrected chi connectivity index (χ1v) is 6.17. The first kappa shape index (κ1) is 15.4. The summed E-state index contributed by atoms with van der Waals surface area (Å²) in [7, 11) is 0. The number of carboxylic acid groups (broad SMARTS) is 1. The van der Waals surface area contributed by atoms with E-state index in [1.165, 1.54) is 12.1 Å². The van der Waals surface area contributed by atoms with E-state index < -0.39 is 23.7 Å². The van der Waals surface area contributed by atoms with Crippen LogP contribution in [0.15, 0.2) is 18.2 Å². The standard InChI is InChI=1S/C13H15ClFNO3/c1-7(2)5-11(13(18)19)16-12(17)8-3-4-9(14)10(15)6-8/h3-4,6-7,11H,5H2,1-2H3,(H,16,17)(H,18,19). The second kappa shape index (κ2) is 6.52. The molecule has 4 nitrogen and oxygen atoms in total. The van der Waals surface area contributed by atoms with Crippen LogP contribution in [-0.4, -0.2) is 23.0 Å². The Hall–Kier alpha value is -1.62. The fourth-order valence-corrected chi connectivity index (χ4v) is 1.69. The Bertz CT molecular complexity index is 491. The van der Waals surface area contributed by atoms with Gasteiger partial charge in [-0.1, -0.05) is 25.4 Å². The van der Waals surface area contributed by atoms with Gasteiger partial charge in [-0.2, -0.15) is 0 Å². The summed E-state index contributed by atoms with van der Waals surface area (Å²) in [6.45, 7) is 3.70. The van der Waals surface area contributed by atoms with Gasteiger partial charge in [0.05, 0.1) is 5.02 Å². The molecule has 1 rings (SSSR count). The van der Waals surface area contributed by atoms with Crippen molar-refractivity contribution in [3.05, 3.63) is 34.6 Å². The average Bonchev–Trinajstić information content (AvgIpc) is 2.31. The molecule has 6 heteroatoms. The molecule has 0 aliphatic heterocycles. The first-order valence-electron chi connectivity index (χ1n) is 5.80. The summed E-state index contributed by atoms with van der Waals surface area (Å²) in [4.78, 5) is 22.8. The van der Waals surface area contributed by atoms with E-state index in [2.05, 4.69) is 5.32 Å². The average molecular weight is 288 g/mol. The SMILES string of the molecule is CC(C)CC(NC(=O)c1ccc(Cl)c(F)c1)C(=O)O. The summed E-state index contributed by atoms with van der Waals surface area (Å²) in [5, 5.41) is 11.3. The van der Waals surface area contributed by atoms with Crippen molar-refractivity contribution >= 4 is 23.5 Å². The molecular formula is C13H15ClFNO3. The third-order valence-corrected chi connectivity index (χ3v) is 2.80. The molecule has 0 fully saturated rings. The molecule has 0 aliphatic rings. The van der Waals surface area contributed by atoms with Crippen LogP contribution in [0.3, 0.4) is 0 Å². The van der Waals surface area contributed by atoms with E-state index in [1.807, 2.05) is 13.8 Å². The predicted octanol–water partition coefficient (Wildman–Crippen LogP) is 2.71. The van der Waals surface area contributed by atoms with Crippen LogP contribution >= 0.6 is 11.6 Å². The quantitative estimate of drug-likeness (QED) is 0.875. The Morgan fingerprint density at radius 2 is 2.05 bits per heavy atom. The molecule has 1 unspecified atom stereocenters. The first-order chi connectivity index (χ1) is 8.81. The lowest BCUT2D eigenvalue weighted by Gasteiger charge is -2.16. The Labute approximate surface area is 115 Å². The van der Waals surface area contributed by atoms with E-state index in [9.17, 15) is 14.0 Å². The summed E-state index contributed by atoms with van der Waals surface area (Å²) in [6, 6.07) is 2.58. The number of nitrogens with one attached hydrogen (secondary N) is 1. The molecule has 19 heavy (non-hydrogen) atoms. The molecule has 1 aromatic carbocycles. The summed E-state index contributed by atoms with van der Waals surface area (Å²) in [5.41, 5.74) is 0.0388. The maximum atomic E-state index is 13.2. The van der Waals surface area contributed by atoms with Crippen molar-refractivity contribution in [1.82, 2.24) is 5.32 Å². The lowest BCUT2D eigenvalue weighted by atomic mass is 10.0. The summed E-state index contributed by atoms with van der Waals surface area (Å²) in [6.07, 6.45) is 0.303. The molecular weight excluding hydrogens is 273 g/mol. The maximum Gasteiger partial charge on any atom is 0.326 e. The molecule has 0 radical (unpaired) electrons. The summed E-state index contributed by atoms with van der Waals surface area (Å²) in [5.74, 6) is -2.35. The van der Waals surface area contributed by atoms with Crippen LogP contribution in [0.1, 0.15) is 30.6 Å². The van der Waals surface area contributed by atoms with Crippen molar-refractivity contribution in [1.29, 1.82) is 0 Å². The third-order valence-electron chi connectivity index (χ3n) is 2.49. The lowest BCUT2D eigenvalue weighted by molar-refractivity contribution is -0.139. The number of amides is 1. The van der Waals surface area contributed by atoms with Crippen molar-refractivity contribution in [3.8, 4) is 0 Å². The van der Waals surface area contributed by atoms with Crippen LogP contribution in [0.4, 0.5) is 4.39 Å². The molecule has 0 bridgehead atoms. The topological polar surface area (TPSA) is 66.4 Å². The molecule has 2 N–H and O–H groups in total. The van der Waals surface area contributed by atoms with Gasteiger partial charge in [0.2, 0.25) is 0 Å². The molecule has 1 atom stereocenters. The number of hydrogen-bond donors (Lipinski definition) is 2. The Kier molecular flexibility index (Phi) is 5.30. The minimum absolute atomic E-state index is 0.0388. The fraction of sp³-hybridized carbons (Fsp3) is 0.385. The highest BCUT2D eigenvalue weighted by atomic mass is 35.5. The zero-order chi connectivity index (χ0) is 14.6. The van der Waals surface area contributed by atoms with E-state index in [1.54, 1.807) is 0 Å². The molecule has 0 spiro atoms. The van der Waals surface area contributed by atoms with Crippen LogP contribution in [0.2, 0.25) is 5.02 Å². The number of rotatable bonds is 5. The van der Waals surface area contributed by atoms with Gasteiger partial charge in [-0.05, 0) is 30.5 Å². The Balaban J connectivity index is 2.81. The van der Waals surface area contributed by atoms with Gasteiger partial charge >= 0.3 is 5.97 Å². The van der Waals surface area contributed by atoms with E-state index in [0.717, 1.165) is 6.07 Å². The van der Waals surface area contributed by atoms with Crippen molar-refractivity contribution in [3.63, 3.8) is 0 Å². The summed E-state index contributed by atoms with van der Waals surface area (Å²) >= 11 is 5.51. The predicted molar refractivity (Wildman–Crippen MR) is 69.8 cm³/mol. The fourth-order valence-electron chi connectivity index (χ4n) is 1.57. The van der Waals surface area contributed by atoms with Gasteiger partial charge in [-0.25, -0.2) is 9.18 Å². The minimum Gasteiger partial charge on any atom is -0.480 e. The normalized spacial score (nSPS) is 12.3. The van der Waals surface area contributed by atoms with Gasteiger partial charge in [0.25, 0.3) is 5.91 Å². The highest BCUT2D eigenvalue weighted by Gasteiger charge is 2.22. The minimum atomic E-state index is -1.11. The van der Waals surface area contributed by atoms with Gasteiger partial charge in [0.1, 0.15) is 11.9 Å². The maximum absolute atomic E-state index is 13.2. The van der Waals surface area contributed by atoms with Gasteiger partial charge in [0, 0.05) is 5.56 Å². The zero-order valence-corrected chi connectivity index (χ0v) is 11.4. The van der Waals surface area contributed by atoms with Crippen molar-refractivity contribution < 1.29 is 19.1 Å². The molecule has 0 saturated carbocycles. The molecule has 0 heterocycles. The number of carbonyl (C=O) groups excluding carboxylic acids is 1. The van der Waals surface area contributed by atoms with E-state index in [-0.39, 0.29) is 16.5 Å². The second-order valence-corrected chi connectivity index (χ2v) is 5.03. The van der Waals surface area contributed by atoms with Crippen LogP contribution < -0.4 is 5.32 Å². The van der Waals surface area contributed by atoms with Crippen molar-refractivity contribution in [2.24, 2.45) is 5.92 Å². The molecule has 1 aromatic rings. The van der Waals surface area contributed by atoms with Crippen molar-refractivity contribution in [2.75, 3.05) is 0 Å². The van der Waals surface area contributed by atoms with Crippen LogP contribution in [-0.2, 0) is 4.79 Å². The molecule has 0 saturated heterocycles. The van der Waals surface area contributed by atoms with Crippen LogP contribution in [0.25, 0.3) is 0 Å². The van der Waals surface area contributed by atoms with E-state index in [4.69, 9.17) is 16.7 Å². The second-order valence-electron chi connectivity index (χ2n) is 4.62. The number of hydrogen-bond acceptors (Lipinski definition) is 2. The van der Waals surface area contributed by atoms with Crippen LogP contribution in [0, 0.1) is 11.7 Å². The van der Waals surface area contributed by atoms with E-state index >= 15 is 0 Å². The smallest absolute Gasteiger partial charge is 0.326 e. The lowest BCUT2D eigenvalue weighted by Crippen LogP contribution is -2.41. The van der Waals surface area contributed by atoms with Crippen molar-refractivity contribution in [2.45, 2.75) is 26.3 Å².